The summed E-state index contributed by atoms with van der Waals surface area (Å²) in [5, 5.41) is 3.39. The summed E-state index contributed by atoms with van der Waals surface area (Å²) in [6.45, 7) is 14.8. The molecule has 2 saturated heterocycles. The highest BCUT2D eigenvalue weighted by atomic mass is 16.5. The SMILES string of the molecule is CCNCC1CCC(CN2CCN(C(C)C)CC2)O1. The minimum Gasteiger partial charge on any atom is -0.372 e. The van der Waals surface area contributed by atoms with Crippen LogP contribution >= 0.6 is 0 Å². The molecule has 2 aliphatic rings. The first kappa shape index (κ1) is 15.2. The molecule has 0 aromatic rings. The van der Waals surface area contributed by atoms with Crippen molar-refractivity contribution >= 4 is 0 Å². The molecule has 0 spiro atoms. The minimum atomic E-state index is 0.446. The molecular formula is C15H31N3O. The van der Waals surface area contributed by atoms with Crippen LogP contribution in [0.2, 0.25) is 0 Å². The van der Waals surface area contributed by atoms with Gasteiger partial charge in [0.1, 0.15) is 0 Å². The van der Waals surface area contributed by atoms with E-state index < -0.39 is 0 Å². The summed E-state index contributed by atoms with van der Waals surface area (Å²) in [7, 11) is 0. The van der Waals surface area contributed by atoms with Gasteiger partial charge in [-0.15, -0.1) is 0 Å². The van der Waals surface area contributed by atoms with Crippen LogP contribution in [0.25, 0.3) is 0 Å². The topological polar surface area (TPSA) is 27.7 Å². The minimum absolute atomic E-state index is 0.446. The fourth-order valence-corrected chi connectivity index (χ4v) is 3.12. The molecule has 2 aliphatic heterocycles. The van der Waals surface area contributed by atoms with Gasteiger partial charge >= 0.3 is 0 Å². The van der Waals surface area contributed by atoms with Crippen LogP contribution in [-0.4, -0.2) is 73.9 Å². The Morgan fingerprint density at radius 2 is 1.79 bits per heavy atom. The fraction of sp³-hybridized carbons (Fsp3) is 1.00. The normalized spacial score (nSPS) is 30.3. The molecule has 2 unspecified atom stereocenters. The smallest absolute Gasteiger partial charge is 0.0707 e. The molecule has 2 rings (SSSR count). The van der Waals surface area contributed by atoms with E-state index in [1.807, 2.05) is 0 Å². The molecule has 4 nitrogen and oxygen atoms in total. The van der Waals surface area contributed by atoms with E-state index in [2.05, 4.69) is 35.9 Å². The zero-order valence-corrected chi connectivity index (χ0v) is 12.9. The summed E-state index contributed by atoms with van der Waals surface area (Å²) in [6, 6.07) is 0.689. The molecule has 0 aliphatic carbocycles. The Labute approximate surface area is 118 Å². The highest BCUT2D eigenvalue weighted by Gasteiger charge is 2.28. The van der Waals surface area contributed by atoms with Gasteiger partial charge in [0, 0.05) is 45.3 Å². The molecule has 0 aromatic carbocycles. The Hall–Kier alpha value is -0.160. The molecule has 0 saturated carbocycles. The highest BCUT2D eigenvalue weighted by Crippen LogP contribution is 2.20. The molecule has 2 heterocycles. The van der Waals surface area contributed by atoms with Gasteiger partial charge in [-0.3, -0.25) is 9.80 Å². The third-order valence-corrected chi connectivity index (χ3v) is 4.42. The van der Waals surface area contributed by atoms with Crippen molar-refractivity contribution in [2.75, 3.05) is 45.8 Å². The summed E-state index contributed by atoms with van der Waals surface area (Å²) in [4.78, 5) is 5.15. The number of hydrogen-bond acceptors (Lipinski definition) is 4. The molecule has 2 atom stereocenters. The van der Waals surface area contributed by atoms with E-state index in [-0.39, 0.29) is 0 Å². The Kier molecular flexibility index (Phi) is 6.07. The van der Waals surface area contributed by atoms with E-state index in [1.165, 1.54) is 39.0 Å². The number of rotatable bonds is 6. The second-order valence-corrected chi connectivity index (χ2v) is 6.20. The van der Waals surface area contributed by atoms with E-state index in [0.29, 0.717) is 18.2 Å². The second-order valence-electron chi connectivity index (χ2n) is 6.20. The quantitative estimate of drug-likeness (QED) is 0.783. The van der Waals surface area contributed by atoms with Crippen molar-refractivity contribution in [3.05, 3.63) is 0 Å². The van der Waals surface area contributed by atoms with Crippen LogP contribution in [0.3, 0.4) is 0 Å². The Bertz CT molecular complexity index is 252. The van der Waals surface area contributed by atoms with E-state index in [0.717, 1.165) is 19.6 Å². The molecule has 0 radical (unpaired) electrons. The fourth-order valence-electron chi connectivity index (χ4n) is 3.12. The van der Waals surface area contributed by atoms with Gasteiger partial charge in [-0.1, -0.05) is 6.92 Å². The maximum atomic E-state index is 6.12. The third kappa shape index (κ3) is 4.71. The lowest BCUT2D eigenvalue weighted by Gasteiger charge is -2.37. The van der Waals surface area contributed by atoms with Gasteiger partial charge in [0.25, 0.3) is 0 Å². The van der Waals surface area contributed by atoms with Crippen molar-refractivity contribution in [1.82, 2.24) is 15.1 Å². The van der Waals surface area contributed by atoms with Gasteiger partial charge in [-0.25, -0.2) is 0 Å². The van der Waals surface area contributed by atoms with E-state index >= 15 is 0 Å². The third-order valence-electron chi connectivity index (χ3n) is 4.42. The van der Waals surface area contributed by atoms with E-state index in [1.54, 1.807) is 0 Å². The number of piperazine rings is 1. The highest BCUT2D eigenvalue weighted by molar-refractivity contribution is 4.81. The molecule has 2 fully saturated rings. The number of nitrogens with zero attached hydrogens (tertiary/aromatic N) is 2. The summed E-state index contributed by atoms with van der Waals surface area (Å²) in [5.41, 5.74) is 0. The molecule has 4 heteroatoms. The van der Waals surface area contributed by atoms with Crippen LogP contribution in [0.1, 0.15) is 33.6 Å². The Morgan fingerprint density at radius 1 is 1.11 bits per heavy atom. The lowest BCUT2D eigenvalue weighted by atomic mass is 10.1. The summed E-state index contributed by atoms with van der Waals surface area (Å²) in [5.74, 6) is 0. The van der Waals surface area contributed by atoms with Crippen molar-refractivity contribution in [2.24, 2.45) is 0 Å². The molecule has 112 valence electrons. The Balaban J connectivity index is 1.64. The number of hydrogen-bond donors (Lipinski definition) is 1. The lowest BCUT2D eigenvalue weighted by molar-refractivity contribution is 0.0101. The monoisotopic (exact) mass is 269 g/mol. The van der Waals surface area contributed by atoms with Gasteiger partial charge in [-0.2, -0.15) is 0 Å². The van der Waals surface area contributed by atoms with Gasteiger partial charge in [0.05, 0.1) is 12.2 Å². The van der Waals surface area contributed by atoms with Crippen LogP contribution in [0.15, 0.2) is 0 Å². The second kappa shape index (κ2) is 7.58. The van der Waals surface area contributed by atoms with E-state index in [4.69, 9.17) is 4.74 Å². The van der Waals surface area contributed by atoms with Gasteiger partial charge in [0.2, 0.25) is 0 Å². The summed E-state index contributed by atoms with van der Waals surface area (Å²) in [6.07, 6.45) is 3.38. The predicted molar refractivity (Wildman–Crippen MR) is 79.6 cm³/mol. The average Bonchev–Trinajstić information content (AvgIpc) is 2.84. The van der Waals surface area contributed by atoms with Crippen LogP contribution in [0, 0.1) is 0 Å². The van der Waals surface area contributed by atoms with Crippen molar-refractivity contribution < 1.29 is 4.74 Å². The van der Waals surface area contributed by atoms with Gasteiger partial charge in [0.15, 0.2) is 0 Å². The molecule has 0 aromatic heterocycles. The van der Waals surface area contributed by atoms with Gasteiger partial charge in [-0.05, 0) is 33.2 Å². The lowest BCUT2D eigenvalue weighted by Crippen LogP contribution is -2.50. The summed E-state index contributed by atoms with van der Waals surface area (Å²) >= 11 is 0. The van der Waals surface area contributed by atoms with Crippen molar-refractivity contribution in [3.8, 4) is 0 Å². The van der Waals surface area contributed by atoms with Crippen molar-refractivity contribution in [2.45, 2.75) is 51.9 Å². The molecule has 19 heavy (non-hydrogen) atoms. The number of nitrogens with one attached hydrogen (secondary N) is 1. The predicted octanol–water partition coefficient (Wildman–Crippen LogP) is 1.17. The standard InChI is InChI=1S/C15H31N3O/c1-4-16-11-14-5-6-15(19-14)12-17-7-9-18(10-8-17)13(2)3/h13-16H,4-12H2,1-3H3. The molecule has 1 N–H and O–H groups in total. The maximum absolute atomic E-state index is 6.12. The van der Waals surface area contributed by atoms with Crippen LogP contribution in [0.4, 0.5) is 0 Å². The zero-order valence-electron chi connectivity index (χ0n) is 12.9. The van der Waals surface area contributed by atoms with E-state index in [9.17, 15) is 0 Å². The van der Waals surface area contributed by atoms with Crippen LogP contribution < -0.4 is 5.32 Å². The van der Waals surface area contributed by atoms with Crippen LogP contribution in [-0.2, 0) is 4.74 Å². The molecular weight excluding hydrogens is 238 g/mol. The molecule has 0 amide bonds. The average molecular weight is 269 g/mol. The van der Waals surface area contributed by atoms with Crippen molar-refractivity contribution in [1.29, 1.82) is 0 Å². The van der Waals surface area contributed by atoms with Crippen LogP contribution in [0.5, 0.6) is 0 Å². The first-order valence-corrected chi connectivity index (χ1v) is 8.01. The van der Waals surface area contributed by atoms with Gasteiger partial charge < -0.3 is 10.1 Å². The Morgan fingerprint density at radius 3 is 2.42 bits per heavy atom. The largest absolute Gasteiger partial charge is 0.372 e. The number of ether oxygens (including phenoxy) is 1. The summed E-state index contributed by atoms with van der Waals surface area (Å²) < 4.78 is 6.12. The number of likely N-dealkylation sites (N-methyl/N-ethyl adjacent to an activating group) is 1. The first-order chi connectivity index (χ1) is 9.19. The first-order valence-electron chi connectivity index (χ1n) is 8.01. The zero-order chi connectivity index (χ0) is 13.7. The molecule has 0 bridgehead atoms. The van der Waals surface area contributed by atoms with Crippen molar-refractivity contribution in [3.63, 3.8) is 0 Å². The maximum Gasteiger partial charge on any atom is 0.0707 e.